The summed E-state index contributed by atoms with van der Waals surface area (Å²) in [5.41, 5.74) is 0. The number of ketones is 1. The Labute approximate surface area is 156 Å². The quantitative estimate of drug-likeness (QED) is 0.604. The van der Waals surface area contributed by atoms with E-state index in [1.54, 1.807) is 0 Å². The molecule has 1 aliphatic heterocycles. The van der Waals surface area contributed by atoms with Crippen LogP contribution in [0.15, 0.2) is 58.3 Å². The molecular weight excluding hydrogens is 380 g/mol. The number of para-hydroxylation sites is 2. The standard InChI is InChI=1S/C18H17O2S.ClHO4/c19-13-7-1-4-10-16(13)21-17-11-5-2-8-14(17)20-15-9-3-6-12-18(15)21;2-1(3,4)5/h2-3,5-6,8-9,11-12,16H,1,4,7,10H2;(H,2,3,4,5)/q+1;/p-1. The molecule has 6 nitrogen and oxygen atoms in total. The van der Waals surface area contributed by atoms with Gasteiger partial charge in [-0.1, -0.05) is 24.3 Å². The van der Waals surface area contributed by atoms with Crippen LogP contribution in [0.4, 0.5) is 0 Å². The van der Waals surface area contributed by atoms with Gasteiger partial charge in [0, 0.05) is 12.8 Å². The molecule has 1 fully saturated rings. The number of carbonyl (C=O) groups is 1. The predicted octanol–water partition coefficient (Wildman–Crippen LogP) is -0.416. The zero-order valence-corrected chi connectivity index (χ0v) is 15.3. The smallest absolute Gasteiger partial charge is 0.203 e. The number of ether oxygens (including phenoxy) is 1. The third-order valence-electron chi connectivity index (χ3n) is 4.18. The first-order valence-corrected chi connectivity index (χ1v) is 10.6. The number of hydrogen-bond donors (Lipinski definition) is 0. The molecule has 1 saturated carbocycles. The summed E-state index contributed by atoms with van der Waals surface area (Å²) in [6, 6.07) is 16.4. The Morgan fingerprint density at radius 3 is 1.88 bits per heavy atom. The molecule has 4 rings (SSSR count). The van der Waals surface area contributed by atoms with Gasteiger partial charge in [0.1, 0.15) is 0 Å². The van der Waals surface area contributed by atoms with Gasteiger partial charge >= 0.3 is 0 Å². The van der Waals surface area contributed by atoms with Gasteiger partial charge < -0.3 is 4.74 Å². The molecule has 8 heteroatoms. The third kappa shape index (κ3) is 4.56. The maximum Gasteiger partial charge on any atom is 0.203 e. The molecule has 26 heavy (non-hydrogen) atoms. The minimum Gasteiger partial charge on any atom is -0.447 e. The maximum atomic E-state index is 12.5. The summed E-state index contributed by atoms with van der Waals surface area (Å²) in [6.45, 7) is 0. The van der Waals surface area contributed by atoms with Gasteiger partial charge in [0.15, 0.2) is 22.5 Å². The number of benzene rings is 2. The molecule has 138 valence electrons. The van der Waals surface area contributed by atoms with Crippen molar-refractivity contribution in [1.82, 2.24) is 0 Å². The molecule has 0 bridgehead atoms. The monoisotopic (exact) mass is 396 g/mol. The van der Waals surface area contributed by atoms with Gasteiger partial charge in [-0.3, -0.25) is 4.79 Å². The van der Waals surface area contributed by atoms with Crippen LogP contribution >= 0.6 is 0 Å². The lowest BCUT2D eigenvalue weighted by Crippen LogP contribution is -2.68. The molecule has 1 aliphatic carbocycles. The van der Waals surface area contributed by atoms with Gasteiger partial charge in [0.25, 0.3) is 0 Å². The Hall–Kier alpha value is -1.61. The molecule has 1 atom stereocenters. The van der Waals surface area contributed by atoms with Crippen molar-refractivity contribution in [2.75, 3.05) is 0 Å². The van der Waals surface area contributed by atoms with Crippen molar-refractivity contribution in [3.63, 3.8) is 0 Å². The molecule has 0 spiro atoms. The van der Waals surface area contributed by atoms with Crippen LogP contribution < -0.4 is 23.4 Å². The number of hydrogen-bond acceptors (Lipinski definition) is 6. The Balaban J connectivity index is 0.000000349. The van der Waals surface area contributed by atoms with Crippen LogP contribution in [0.25, 0.3) is 0 Å². The number of fused-ring (bicyclic) bond motifs is 2. The van der Waals surface area contributed by atoms with E-state index in [0.29, 0.717) is 5.78 Å². The van der Waals surface area contributed by atoms with Crippen molar-refractivity contribution in [3.05, 3.63) is 48.5 Å². The molecule has 0 N–H and O–H groups in total. The lowest BCUT2D eigenvalue weighted by molar-refractivity contribution is -2.00. The predicted molar refractivity (Wildman–Crippen MR) is 84.1 cm³/mol. The topological polar surface area (TPSA) is 119 Å². The molecule has 0 aromatic heterocycles. The van der Waals surface area contributed by atoms with Gasteiger partial charge in [-0.2, -0.15) is 0 Å². The molecule has 2 aromatic carbocycles. The summed E-state index contributed by atoms with van der Waals surface area (Å²) >= 11 is 0. The van der Waals surface area contributed by atoms with Gasteiger partial charge in [-0.05, 0) is 37.1 Å². The largest absolute Gasteiger partial charge is 0.447 e. The summed E-state index contributed by atoms with van der Waals surface area (Å²) in [7, 11) is -5.13. The summed E-state index contributed by atoms with van der Waals surface area (Å²) in [6.07, 6.45) is 3.95. The van der Waals surface area contributed by atoms with Crippen LogP contribution in [0.2, 0.25) is 0 Å². The van der Waals surface area contributed by atoms with Crippen molar-refractivity contribution in [3.8, 4) is 11.5 Å². The third-order valence-corrected chi connectivity index (χ3v) is 6.87. The zero-order chi connectivity index (χ0) is 18.7. The van der Waals surface area contributed by atoms with E-state index in [1.165, 1.54) is 9.79 Å². The molecule has 0 radical (unpaired) electrons. The number of Topliss-reactive ketones (excluding diaryl/α,β-unsaturated/α-hetero) is 1. The van der Waals surface area contributed by atoms with Crippen LogP contribution in [0.3, 0.4) is 0 Å². The molecule has 2 aromatic rings. The van der Waals surface area contributed by atoms with E-state index in [0.717, 1.165) is 37.2 Å². The Morgan fingerprint density at radius 1 is 0.885 bits per heavy atom. The number of carbonyl (C=O) groups excluding carboxylic acids is 1. The van der Waals surface area contributed by atoms with E-state index >= 15 is 0 Å². The molecule has 0 amide bonds. The van der Waals surface area contributed by atoms with E-state index in [4.69, 9.17) is 23.4 Å². The lowest BCUT2D eigenvalue weighted by Gasteiger charge is -2.26. The second kappa shape index (κ2) is 7.96. The molecule has 1 heterocycles. The SMILES string of the molecule is O=C1CCCCC1[S+]1c2ccccc2Oc2ccccc21.[O-][Cl+3]([O-])([O-])[O-]. The van der Waals surface area contributed by atoms with Gasteiger partial charge in [0.2, 0.25) is 9.79 Å². The summed E-state index contributed by atoms with van der Waals surface area (Å²) in [5.74, 6) is 2.26. The average molecular weight is 397 g/mol. The number of halogens is 1. The van der Waals surface area contributed by atoms with Crippen molar-refractivity contribution >= 4 is 16.7 Å². The van der Waals surface area contributed by atoms with Crippen LogP contribution in [0.5, 0.6) is 11.5 Å². The van der Waals surface area contributed by atoms with Crippen molar-refractivity contribution in [1.29, 1.82) is 0 Å². The van der Waals surface area contributed by atoms with Crippen molar-refractivity contribution in [2.45, 2.75) is 40.7 Å². The minimum atomic E-state index is -4.94. The van der Waals surface area contributed by atoms with E-state index in [-0.39, 0.29) is 16.1 Å². The van der Waals surface area contributed by atoms with E-state index < -0.39 is 10.2 Å². The molecular formula is C18H17ClO6S. The minimum absolute atomic E-state index is 0.130. The fourth-order valence-corrected chi connectivity index (χ4v) is 5.91. The highest BCUT2D eigenvalue weighted by Gasteiger charge is 2.47. The first kappa shape index (κ1) is 19.2. The van der Waals surface area contributed by atoms with Crippen LogP contribution in [0.1, 0.15) is 25.7 Å². The van der Waals surface area contributed by atoms with Gasteiger partial charge in [-0.15, -0.1) is 10.2 Å². The second-order valence-electron chi connectivity index (χ2n) is 5.91. The normalized spacial score (nSPS) is 19.5. The Bertz CT molecular complexity index is 740. The highest BCUT2D eigenvalue weighted by molar-refractivity contribution is 7.98. The van der Waals surface area contributed by atoms with E-state index in [9.17, 15) is 4.79 Å². The Morgan fingerprint density at radius 2 is 1.38 bits per heavy atom. The van der Waals surface area contributed by atoms with Crippen molar-refractivity contribution < 1.29 is 38.4 Å². The first-order valence-electron chi connectivity index (χ1n) is 8.08. The lowest BCUT2D eigenvalue weighted by atomic mass is 9.99. The van der Waals surface area contributed by atoms with Crippen LogP contribution in [-0.4, -0.2) is 11.0 Å². The molecule has 1 unspecified atom stereocenters. The van der Waals surface area contributed by atoms with Crippen molar-refractivity contribution in [2.24, 2.45) is 0 Å². The average Bonchev–Trinajstić information content (AvgIpc) is 2.59. The summed E-state index contributed by atoms with van der Waals surface area (Å²) in [4.78, 5) is 14.9. The molecule has 2 aliphatic rings. The molecule has 0 saturated heterocycles. The number of rotatable bonds is 1. The summed E-state index contributed by atoms with van der Waals surface area (Å²) in [5, 5.41) is 0.130. The zero-order valence-electron chi connectivity index (χ0n) is 13.8. The summed E-state index contributed by atoms with van der Waals surface area (Å²) < 4.78 is 40.0. The van der Waals surface area contributed by atoms with Crippen LogP contribution in [-0.2, 0) is 15.7 Å². The fourth-order valence-electron chi connectivity index (χ4n) is 3.18. The highest BCUT2D eigenvalue weighted by atomic mass is 35.7. The fraction of sp³-hybridized carbons (Fsp3) is 0.278. The Kier molecular flexibility index (Phi) is 5.86. The second-order valence-corrected chi connectivity index (χ2v) is 8.79. The highest BCUT2D eigenvalue weighted by Crippen LogP contribution is 2.47. The van der Waals surface area contributed by atoms with Gasteiger partial charge in [-0.25, -0.2) is 18.6 Å². The van der Waals surface area contributed by atoms with Gasteiger partial charge in [0.05, 0.1) is 10.9 Å². The maximum absolute atomic E-state index is 12.5. The van der Waals surface area contributed by atoms with E-state index in [1.807, 2.05) is 36.4 Å². The van der Waals surface area contributed by atoms with E-state index in [2.05, 4.69) is 12.1 Å². The van der Waals surface area contributed by atoms with Crippen LogP contribution in [0, 0.1) is 10.2 Å². The first-order chi connectivity index (χ1) is 12.3.